The number of thioether (sulfide) groups is 1. The molecule has 0 fully saturated rings. The van der Waals surface area contributed by atoms with Gasteiger partial charge in [-0.3, -0.25) is 9.59 Å². The molecule has 4 N–H and O–H groups in total. The third-order valence-corrected chi connectivity index (χ3v) is 5.16. The number of anilines is 2. The number of hydrogen-bond donors (Lipinski definition) is 3. The standard InChI is InChI=1S/C18H16Cl2N6O2S/c1-10(27)22-12-3-5-13(6-4-12)23-16(28)9-29-18-25-24-17(26(18)21)14-8-11(19)2-7-15(14)20/h2-8H,9,21H2,1H3,(H,22,27)(H,23,28). The van der Waals surface area contributed by atoms with Crippen LogP contribution >= 0.6 is 35.0 Å². The lowest BCUT2D eigenvalue weighted by molar-refractivity contribution is -0.114. The number of nitrogens with one attached hydrogen (secondary N) is 2. The van der Waals surface area contributed by atoms with Gasteiger partial charge in [0.05, 0.1) is 10.8 Å². The van der Waals surface area contributed by atoms with E-state index in [0.717, 1.165) is 11.8 Å². The van der Waals surface area contributed by atoms with Gasteiger partial charge in [0.15, 0.2) is 5.82 Å². The minimum atomic E-state index is -0.243. The molecule has 150 valence electrons. The summed E-state index contributed by atoms with van der Waals surface area (Å²) in [5.74, 6) is 6.06. The summed E-state index contributed by atoms with van der Waals surface area (Å²) in [7, 11) is 0. The summed E-state index contributed by atoms with van der Waals surface area (Å²) in [6.45, 7) is 1.43. The van der Waals surface area contributed by atoms with Crippen LogP contribution in [0.5, 0.6) is 0 Å². The number of hydrogen-bond acceptors (Lipinski definition) is 6. The average molecular weight is 451 g/mol. The predicted octanol–water partition coefficient (Wildman–Crippen LogP) is 3.65. The number of amides is 2. The molecule has 0 atom stereocenters. The first kappa shape index (κ1) is 21.0. The number of rotatable bonds is 6. The minimum absolute atomic E-state index is 0.0755. The normalized spacial score (nSPS) is 10.6. The predicted molar refractivity (Wildman–Crippen MR) is 116 cm³/mol. The highest BCUT2D eigenvalue weighted by Crippen LogP contribution is 2.30. The highest BCUT2D eigenvalue weighted by Gasteiger charge is 2.16. The fourth-order valence-electron chi connectivity index (χ4n) is 2.40. The van der Waals surface area contributed by atoms with Gasteiger partial charge in [0.2, 0.25) is 17.0 Å². The first-order chi connectivity index (χ1) is 13.8. The summed E-state index contributed by atoms with van der Waals surface area (Å²) >= 11 is 13.3. The second-order valence-corrected chi connectivity index (χ2v) is 7.68. The maximum absolute atomic E-state index is 12.2. The van der Waals surface area contributed by atoms with Gasteiger partial charge in [-0.1, -0.05) is 35.0 Å². The molecule has 8 nitrogen and oxygen atoms in total. The van der Waals surface area contributed by atoms with Gasteiger partial charge in [0, 0.05) is 28.9 Å². The number of carbonyl (C=O) groups excluding carboxylic acids is 2. The molecule has 0 saturated heterocycles. The van der Waals surface area contributed by atoms with Crippen LogP contribution in [0.3, 0.4) is 0 Å². The number of benzene rings is 2. The van der Waals surface area contributed by atoms with Gasteiger partial charge in [-0.2, -0.15) is 0 Å². The SMILES string of the molecule is CC(=O)Nc1ccc(NC(=O)CSc2nnc(-c3cc(Cl)ccc3Cl)n2N)cc1. The molecule has 3 rings (SSSR count). The Hall–Kier alpha value is -2.75. The van der Waals surface area contributed by atoms with E-state index in [9.17, 15) is 9.59 Å². The van der Waals surface area contributed by atoms with E-state index in [4.69, 9.17) is 29.0 Å². The number of nitrogens with zero attached hydrogens (tertiary/aromatic N) is 3. The molecule has 1 heterocycles. The highest BCUT2D eigenvalue weighted by molar-refractivity contribution is 7.99. The van der Waals surface area contributed by atoms with Gasteiger partial charge in [-0.15, -0.1) is 10.2 Å². The van der Waals surface area contributed by atoms with Gasteiger partial charge >= 0.3 is 0 Å². The summed E-state index contributed by atoms with van der Waals surface area (Å²) in [4.78, 5) is 23.2. The monoisotopic (exact) mass is 450 g/mol. The number of aromatic nitrogens is 3. The minimum Gasteiger partial charge on any atom is -0.335 e. The zero-order valence-electron chi connectivity index (χ0n) is 15.1. The molecule has 29 heavy (non-hydrogen) atoms. The Labute approximate surface area is 180 Å². The van der Waals surface area contributed by atoms with Crippen molar-refractivity contribution in [3.63, 3.8) is 0 Å². The molecule has 2 aromatic carbocycles. The van der Waals surface area contributed by atoms with E-state index < -0.39 is 0 Å². The van der Waals surface area contributed by atoms with Crippen LogP contribution < -0.4 is 16.5 Å². The fraction of sp³-hybridized carbons (Fsp3) is 0.111. The molecule has 0 saturated carbocycles. The lowest BCUT2D eigenvalue weighted by Crippen LogP contribution is -2.16. The lowest BCUT2D eigenvalue weighted by atomic mass is 10.2. The van der Waals surface area contributed by atoms with E-state index in [1.807, 2.05) is 0 Å². The van der Waals surface area contributed by atoms with Gasteiger partial charge in [-0.25, -0.2) is 4.68 Å². The molecule has 1 aromatic heterocycles. The Morgan fingerprint density at radius 2 is 1.72 bits per heavy atom. The number of nitrogens with two attached hydrogens (primary N) is 1. The molecule has 0 aliphatic carbocycles. The first-order valence-corrected chi connectivity index (χ1v) is 10.0. The summed E-state index contributed by atoms with van der Waals surface area (Å²) in [5.41, 5.74) is 1.79. The Balaban J connectivity index is 1.61. The third-order valence-electron chi connectivity index (χ3n) is 3.66. The topological polar surface area (TPSA) is 115 Å². The van der Waals surface area contributed by atoms with Gasteiger partial charge in [0.25, 0.3) is 0 Å². The van der Waals surface area contributed by atoms with Crippen molar-refractivity contribution in [2.24, 2.45) is 0 Å². The molecular weight excluding hydrogens is 435 g/mol. The van der Waals surface area contributed by atoms with Crippen molar-refractivity contribution in [3.8, 4) is 11.4 Å². The van der Waals surface area contributed by atoms with Gasteiger partial charge in [-0.05, 0) is 42.5 Å². The van der Waals surface area contributed by atoms with Crippen LogP contribution in [0.15, 0.2) is 47.6 Å². The fourth-order valence-corrected chi connectivity index (χ4v) is 3.43. The van der Waals surface area contributed by atoms with Gasteiger partial charge in [0.1, 0.15) is 0 Å². The summed E-state index contributed by atoms with van der Waals surface area (Å²) < 4.78 is 1.26. The van der Waals surface area contributed by atoms with Crippen molar-refractivity contribution in [2.45, 2.75) is 12.1 Å². The molecule has 0 radical (unpaired) electrons. The molecule has 2 amide bonds. The van der Waals surface area contributed by atoms with E-state index in [1.54, 1.807) is 42.5 Å². The van der Waals surface area contributed by atoms with Crippen LogP contribution in [0, 0.1) is 0 Å². The van der Waals surface area contributed by atoms with Crippen molar-refractivity contribution >= 4 is 58.2 Å². The molecule has 11 heteroatoms. The Kier molecular flexibility index (Phi) is 6.63. The zero-order valence-corrected chi connectivity index (χ0v) is 17.5. The Morgan fingerprint density at radius 3 is 2.38 bits per heavy atom. The Bertz CT molecular complexity index is 1060. The van der Waals surface area contributed by atoms with Crippen molar-refractivity contribution in [1.29, 1.82) is 0 Å². The second kappa shape index (κ2) is 9.17. The van der Waals surface area contributed by atoms with E-state index in [-0.39, 0.29) is 17.6 Å². The first-order valence-electron chi connectivity index (χ1n) is 8.29. The van der Waals surface area contributed by atoms with Crippen LogP contribution in [0.25, 0.3) is 11.4 Å². The van der Waals surface area contributed by atoms with Gasteiger partial charge < -0.3 is 16.5 Å². The average Bonchev–Trinajstić information content (AvgIpc) is 3.03. The summed E-state index contributed by atoms with van der Waals surface area (Å²) in [6.07, 6.45) is 0. The zero-order chi connectivity index (χ0) is 21.0. The third kappa shape index (κ3) is 5.41. The summed E-state index contributed by atoms with van der Waals surface area (Å²) in [6, 6.07) is 11.7. The van der Waals surface area contributed by atoms with E-state index >= 15 is 0 Å². The van der Waals surface area contributed by atoms with Crippen molar-refractivity contribution in [2.75, 3.05) is 22.2 Å². The second-order valence-electron chi connectivity index (χ2n) is 5.90. The van der Waals surface area contributed by atoms with Crippen molar-refractivity contribution in [1.82, 2.24) is 14.9 Å². The molecule has 0 aliphatic heterocycles. The van der Waals surface area contributed by atoms with Crippen LogP contribution in [0.1, 0.15) is 6.92 Å². The molecule has 0 spiro atoms. The molecule has 3 aromatic rings. The Morgan fingerprint density at radius 1 is 1.07 bits per heavy atom. The van der Waals surface area contributed by atoms with Crippen LogP contribution in [0.2, 0.25) is 10.0 Å². The van der Waals surface area contributed by atoms with E-state index in [1.165, 1.54) is 11.6 Å². The summed E-state index contributed by atoms with van der Waals surface area (Å²) in [5, 5.41) is 14.7. The molecular formula is C18H16Cl2N6O2S. The molecule has 0 unspecified atom stereocenters. The van der Waals surface area contributed by atoms with Crippen LogP contribution in [-0.4, -0.2) is 32.4 Å². The number of halogens is 2. The largest absolute Gasteiger partial charge is 0.335 e. The lowest BCUT2D eigenvalue weighted by Gasteiger charge is -2.07. The van der Waals surface area contributed by atoms with Crippen LogP contribution in [-0.2, 0) is 9.59 Å². The smallest absolute Gasteiger partial charge is 0.234 e. The van der Waals surface area contributed by atoms with Crippen molar-refractivity contribution in [3.05, 3.63) is 52.5 Å². The number of carbonyl (C=O) groups is 2. The maximum Gasteiger partial charge on any atom is 0.234 e. The highest BCUT2D eigenvalue weighted by atomic mass is 35.5. The molecule has 0 bridgehead atoms. The van der Waals surface area contributed by atoms with E-state index in [0.29, 0.717) is 38.0 Å². The van der Waals surface area contributed by atoms with E-state index in [2.05, 4.69) is 20.8 Å². The molecule has 0 aliphatic rings. The van der Waals surface area contributed by atoms with Crippen LogP contribution in [0.4, 0.5) is 11.4 Å². The number of nitrogen functional groups attached to an aromatic ring is 1. The quantitative estimate of drug-likeness (QED) is 0.389. The maximum atomic E-state index is 12.2. The van der Waals surface area contributed by atoms with Crippen molar-refractivity contribution < 1.29 is 9.59 Å².